The van der Waals surface area contributed by atoms with E-state index in [0.717, 1.165) is 30.6 Å². The summed E-state index contributed by atoms with van der Waals surface area (Å²) in [5.74, 6) is -1.15. The van der Waals surface area contributed by atoms with Gasteiger partial charge >= 0.3 is 5.97 Å². The molecule has 2 aromatic carbocycles. The number of carbonyl (C=O) groups excluding carboxylic acids is 1. The van der Waals surface area contributed by atoms with Crippen LogP contribution in [0.4, 0.5) is 5.69 Å². The lowest BCUT2D eigenvalue weighted by Crippen LogP contribution is -2.12. The van der Waals surface area contributed by atoms with Gasteiger partial charge in [0.15, 0.2) is 0 Å². The third-order valence-electron chi connectivity index (χ3n) is 4.07. The third kappa shape index (κ3) is 4.45. The summed E-state index contributed by atoms with van der Waals surface area (Å²) >= 11 is 1.11. The molecule has 0 radical (unpaired) electrons. The van der Waals surface area contributed by atoms with Gasteiger partial charge in [-0.1, -0.05) is 42.5 Å². The van der Waals surface area contributed by atoms with Crippen molar-refractivity contribution in [3.63, 3.8) is 0 Å². The molecule has 0 atom stereocenters. The number of hydrogen-bond donors (Lipinski definition) is 2. The number of benzene rings is 2. The summed E-state index contributed by atoms with van der Waals surface area (Å²) in [7, 11) is 0. The highest BCUT2D eigenvalue weighted by Gasteiger charge is 2.13. The Kier molecular flexibility index (Phi) is 5.46. The second kappa shape index (κ2) is 7.94. The molecule has 0 spiro atoms. The molecule has 0 aliphatic rings. The molecule has 1 heterocycles. The third-order valence-corrected chi connectivity index (χ3v) is 4.97. The minimum absolute atomic E-state index is 0.139. The Balaban J connectivity index is 1.46. The molecule has 4 nitrogen and oxygen atoms in total. The number of carboxylic acid groups (broad SMARTS) is 1. The van der Waals surface area contributed by atoms with Crippen LogP contribution in [0.5, 0.6) is 0 Å². The Bertz CT molecular complexity index is 901. The highest BCUT2D eigenvalue weighted by atomic mass is 32.1. The molecule has 25 heavy (non-hydrogen) atoms. The maximum atomic E-state index is 12.0. The fraction of sp³-hybridized carbons (Fsp3) is 0.200. The Morgan fingerprint density at radius 2 is 1.80 bits per heavy atom. The number of fused-ring (bicyclic) bond motifs is 1. The smallest absolute Gasteiger partial charge is 0.348 e. The van der Waals surface area contributed by atoms with Crippen LogP contribution in [0.2, 0.25) is 0 Å². The van der Waals surface area contributed by atoms with Crippen LogP contribution in [0.25, 0.3) is 10.8 Å². The summed E-state index contributed by atoms with van der Waals surface area (Å²) < 4.78 is 0. The first-order valence-electron chi connectivity index (χ1n) is 8.22. The van der Waals surface area contributed by atoms with Crippen molar-refractivity contribution in [1.29, 1.82) is 0 Å². The summed E-state index contributed by atoms with van der Waals surface area (Å²) in [4.78, 5) is 23.2. The Hall–Kier alpha value is -2.66. The van der Waals surface area contributed by atoms with Gasteiger partial charge in [0, 0.05) is 6.42 Å². The number of amides is 1. The topological polar surface area (TPSA) is 66.4 Å². The van der Waals surface area contributed by atoms with E-state index in [9.17, 15) is 9.59 Å². The van der Waals surface area contributed by atoms with Gasteiger partial charge in [-0.15, -0.1) is 11.3 Å². The number of carbonyl (C=O) groups is 2. The van der Waals surface area contributed by atoms with Gasteiger partial charge in [0.1, 0.15) is 4.88 Å². The second-order valence-corrected chi connectivity index (χ2v) is 6.82. The molecule has 128 valence electrons. The fourth-order valence-corrected chi connectivity index (χ4v) is 3.48. The summed E-state index contributed by atoms with van der Waals surface area (Å²) in [5, 5.41) is 15.9. The molecule has 1 aromatic heterocycles. The molecule has 5 heteroatoms. The summed E-state index contributed by atoms with van der Waals surface area (Å²) in [6, 6.07) is 16.3. The van der Waals surface area contributed by atoms with E-state index >= 15 is 0 Å². The van der Waals surface area contributed by atoms with Crippen molar-refractivity contribution in [3.05, 3.63) is 64.4 Å². The molecule has 0 fully saturated rings. The summed E-state index contributed by atoms with van der Waals surface area (Å²) in [5.41, 5.74) is 1.65. The van der Waals surface area contributed by atoms with Gasteiger partial charge in [-0.05, 0) is 47.0 Å². The lowest BCUT2D eigenvalue weighted by molar-refractivity contribution is -0.116. The zero-order valence-electron chi connectivity index (χ0n) is 13.7. The molecule has 0 saturated carbocycles. The molecule has 3 aromatic rings. The lowest BCUT2D eigenvalue weighted by Gasteiger charge is -2.06. The van der Waals surface area contributed by atoms with Crippen molar-refractivity contribution in [2.45, 2.75) is 25.7 Å². The number of thiophene rings is 1. The molecule has 1 amide bonds. The number of hydrogen-bond acceptors (Lipinski definition) is 3. The molecule has 0 saturated heterocycles. The van der Waals surface area contributed by atoms with E-state index < -0.39 is 5.97 Å². The predicted molar refractivity (Wildman–Crippen MR) is 101 cm³/mol. The molecule has 0 aliphatic heterocycles. The van der Waals surface area contributed by atoms with Crippen molar-refractivity contribution >= 4 is 39.7 Å². The van der Waals surface area contributed by atoms with Crippen LogP contribution in [0.15, 0.2) is 53.9 Å². The van der Waals surface area contributed by atoms with E-state index in [1.54, 1.807) is 11.4 Å². The average molecular weight is 353 g/mol. The molecular weight excluding hydrogens is 334 g/mol. The quantitative estimate of drug-likeness (QED) is 0.591. The lowest BCUT2D eigenvalue weighted by atomic mass is 10.0. The van der Waals surface area contributed by atoms with Gasteiger partial charge < -0.3 is 10.4 Å². The van der Waals surface area contributed by atoms with Crippen LogP contribution in [-0.2, 0) is 11.2 Å². The molecule has 2 N–H and O–H groups in total. The normalized spacial score (nSPS) is 10.7. The monoisotopic (exact) mass is 353 g/mol. The summed E-state index contributed by atoms with van der Waals surface area (Å²) in [6.07, 6.45) is 3.01. The second-order valence-electron chi connectivity index (χ2n) is 5.91. The van der Waals surface area contributed by atoms with Crippen molar-refractivity contribution in [2.24, 2.45) is 0 Å². The Labute approximate surface area is 150 Å². The van der Waals surface area contributed by atoms with Gasteiger partial charge in [0.05, 0.1) is 5.69 Å². The first-order chi connectivity index (χ1) is 12.1. The van der Waals surface area contributed by atoms with E-state index in [4.69, 9.17) is 5.11 Å². The van der Waals surface area contributed by atoms with Gasteiger partial charge in [-0.25, -0.2) is 4.79 Å². The fourth-order valence-electron chi connectivity index (χ4n) is 2.79. The minimum atomic E-state index is -1.01. The number of nitrogens with one attached hydrogen (secondary N) is 1. The molecule has 3 rings (SSSR count). The number of aryl methyl sites for hydroxylation is 1. The predicted octanol–water partition coefficient (Wildman–Crippen LogP) is 4.95. The van der Waals surface area contributed by atoms with Gasteiger partial charge in [-0.3, -0.25) is 4.79 Å². The van der Waals surface area contributed by atoms with Crippen LogP contribution in [0.3, 0.4) is 0 Å². The van der Waals surface area contributed by atoms with E-state index in [1.807, 2.05) is 12.1 Å². The zero-order chi connectivity index (χ0) is 17.6. The van der Waals surface area contributed by atoms with Crippen LogP contribution in [0.1, 0.15) is 34.5 Å². The minimum Gasteiger partial charge on any atom is -0.477 e. The van der Waals surface area contributed by atoms with Crippen molar-refractivity contribution < 1.29 is 14.7 Å². The largest absolute Gasteiger partial charge is 0.477 e. The van der Waals surface area contributed by atoms with Crippen LogP contribution >= 0.6 is 11.3 Å². The summed E-state index contributed by atoms with van der Waals surface area (Å²) in [6.45, 7) is 0. The number of anilines is 1. The van der Waals surface area contributed by atoms with Crippen molar-refractivity contribution in [1.82, 2.24) is 0 Å². The van der Waals surface area contributed by atoms with Gasteiger partial charge in [-0.2, -0.15) is 0 Å². The van der Waals surface area contributed by atoms with Crippen LogP contribution in [0, 0.1) is 0 Å². The number of carboxylic acids is 1. The molecule has 0 bridgehead atoms. The van der Waals surface area contributed by atoms with Crippen molar-refractivity contribution in [2.75, 3.05) is 5.32 Å². The zero-order valence-corrected chi connectivity index (χ0v) is 14.5. The van der Waals surface area contributed by atoms with E-state index in [1.165, 1.54) is 16.3 Å². The standard InChI is InChI=1S/C20H19NO3S/c22-18(21-17-11-12-25-19(17)20(23)24)8-4-1-5-14-9-10-15-6-2-3-7-16(15)13-14/h2-3,6-7,9-13H,1,4-5,8H2,(H,21,22)(H,23,24). The SMILES string of the molecule is O=C(CCCCc1ccc2ccccc2c1)Nc1ccsc1C(=O)O. The van der Waals surface area contributed by atoms with Crippen LogP contribution in [-0.4, -0.2) is 17.0 Å². The maximum absolute atomic E-state index is 12.0. The van der Waals surface area contributed by atoms with Gasteiger partial charge in [0.2, 0.25) is 5.91 Å². The van der Waals surface area contributed by atoms with Crippen molar-refractivity contribution in [3.8, 4) is 0 Å². The number of rotatable bonds is 7. The van der Waals surface area contributed by atoms with E-state index in [0.29, 0.717) is 12.1 Å². The average Bonchev–Trinajstić information content (AvgIpc) is 3.07. The highest BCUT2D eigenvalue weighted by molar-refractivity contribution is 7.12. The molecular formula is C20H19NO3S. The molecule has 0 aliphatic carbocycles. The number of aromatic carboxylic acids is 1. The van der Waals surface area contributed by atoms with E-state index in [2.05, 4.69) is 35.6 Å². The highest BCUT2D eigenvalue weighted by Crippen LogP contribution is 2.22. The first-order valence-corrected chi connectivity index (χ1v) is 9.10. The molecule has 0 unspecified atom stereocenters. The number of unbranched alkanes of at least 4 members (excludes halogenated alkanes) is 1. The Morgan fingerprint density at radius 3 is 2.60 bits per heavy atom. The van der Waals surface area contributed by atoms with Crippen LogP contribution < -0.4 is 5.32 Å². The maximum Gasteiger partial charge on any atom is 0.348 e. The Morgan fingerprint density at radius 1 is 1.00 bits per heavy atom. The van der Waals surface area contributed by atoms with Gasteiger partial charge in [0.25, 0.3) is 0 Å². The van der Waals surface area contributed by atoms with E-state index in [-0.39, 0.29) is 10.8 Å². The first kappa shape index (κ1) is 17.2.